The Morgan fingerprint density at radius 2 is 2.23 bits per heavy atom. The third-order valence-corrected chi connectivity index (χ3v) is 5.35. The minimum atomic E-state index is -0.311. The van der Waals surface area contributed by atoms with Crippen LogP contribution < -0.4 is 10.6 Å². The molecule has 2 rings (SSSR count). The van der Waals surface area contributed by atoms with E-state index in [0.717, 1.165) is 37.1 Å². The van der Waals surface area contributed by atoms with Crippen LogP contribution in [-0.2, 0) is 9.47 Å². The lowest BCUT2D eigenvalue weighted by atomic mass is 10.3. The molecule has 146 valence electrons. The quantitative estimate of drug-likeness (QED) is 0.280. The average Bonchev–Trinajstić information content (AvgIpc) is 3.36. The summed E-state index contributed by atoms with van der Waals surface area (Å²) in [6.07, 6.45) is 3.58. The highest BCUT2D eigenvalue weighted by Crippen LogP contribution is 2.28. The Morgan fingerprint density at radius 3 is 2.88 bits per heavy atom. The molecule has 26 heavy (non-hydrogen) atoms. The molecule has 0 saturated heterocycles. The zero-order chi connectivity index (χ0) is 18.9. The number of guanidine groups is 1. The zero-order valence-corrected chi connectivity index (χ0v) is 16.9. The van der Waals surface area contributed by atoms with Crippen molar-refractivity contribution in [2.24, 2.45) is 10.9 Å². The van der Waals surface area contributed by atoms with Gasteiger partial charge < -0.3 is 20.1 Å². The largest absolute Gasteiger partial charge is 0.462 e. The highest BCUT2D eigenvalue weighted by molar-refractivity contribution is 7.13. The number of esters is 1. The van der Waals surface area contributed by atoms with Crippen LogP contribution in [0.25, 0.3) is 0 Å². The number of carbonyl (C=O) groups is 1. The molecule has 1 aliphatic carbocycles. The van der Waals surface area contributed by atoms with Crippen LogP contribution in [0, 0.1) is 12.8 Å². The van der Waals surface area contributed by atoms with Gasteiger partial charge in [0.1, 0.15) is 9.88 Å². The van der Waals surface area contributed by atoms with E-state index in [2.05, 4.69) is 20.6 Å². The Kier molecular flexibility index (Phi) is 8.31. The third kappa shape index (κ3) is 6.57. The van der Waals surface area contributed by atoms with Gasteiger partial charge in [0.05, 0.1) is 18.3 Å². The second-order valence-corrected chi connectivity index (χ2v) is 7.45. The van der Waals surface area contributed by atoms with Gasteiger partial charge in [-0.05, 0) is 46.0 Å². The van der Waals surface area contributed by atoms with Crippen LogP contribution in [-0.4, -0.2) is 50.3 Å². The van der Waals surface area contributed by atoms with Gasteiger partial charge in [-0.1, -0.05) is 0 Å². The molecule has 1 fully saturated rings. The summed E-state index contributed by atoms with van der Waals surface area (Å²) in [5.41, 5.74) is 0.702. The van der Waals surface area contributed by atoms with Crippen molar-refractivity contribution < 1.29 is 14.3 Å². The summed E-state index contributed by atoms with van der Waals surface area (Å²) >= 11 is 1.36. The summed E-state index contributed by atoms with van der Waals surface area (Å²) in [5, 5.41) is 7.42. The topological polar surface area (TPSA) is 84.8 Å². The number of aliphatic imine (C=N–C) groups is 1. The number of hydrogen-bond donors (Lipinski definition) is 2. The Morgan fingerprint density at radius 1 is 1.46 bits per heavy atom. The van der Waals surface area contributed by atoms with Crippen LogP contribution in [0.2, 0.25) is 0 Å². The van der Waals surface area contributed by atoms with Gasteiger partial charge in [0.15, 0.2) is 5.96 Å². The predicted octanol–water partition coefficient (Wildman–Crippen LogP) is 2.67. The van der Waals surface area contributed by atoms with Crippen molar-refractivity contribution in [3.05, 3.63) is 15.6 Å². The molecule has 0 amide bonds. The zero-order valence-electron chi connectivity index (χ0n) is 16.1. The van der Waals surface area contributed by atoms with Crippen molar-refractivity contribution in [1.29, 1.82) is 0 Å². The lowest BCUT2D eigenvalue weighted by Gasteiger charge is -2.16. The maximum Gasteiger partial charge on any atom is 0.350 e. The molecule has 0 bridgehead atoms. The van der Waals surface area contributed by atoms with Gasteiger partial charge in [0.25, 0.3) is 0 Å². The van der Waals surface area contributed by atoms with E-state index in [9.17, 15) is 4.79 Å². The molecule has 1 saturated carbocycles. The lowest BCUT2D eigenvalue weighted by Crippen LogP contribution is -2.39. The van der Waals surface area contributed by atoms with Crippen LogP contribution in [0.1, 0.15) is 59.5 Å². The van der Waals surface area contributed by atoms with E-state index in [1.807, 2.05) is 13.8 Å². The van der Waals surface area contributed by atoms with Crippen LogP contribution in [0.5, 0.6) is 0 Å². The maximum absolute atomic E-state index is 11.9. The molecule has 1 aliphatic rings. The highest BCUT2D eigenvalue weighted by atomic mass is 32.1. The van der Waals surface area contributed by atoms with Crippen LogP contribution in [0.15, 0.2) is 4.99 Å². The second kappa shape index (κ2) is 10.5. The normalized spacial score (nSPS) is 15.6. The number of nitrogens with one attached hydrogen (secondary N) is 2. The van der Waals surface area contributed by atoms with E-state index in [1.54, 1.807) is 14.0 Å². The first-order valence-electron chi connectivity index (χ1n) is 9.24. The van der Waals surface area contributed by atoms with Gasteiger partial charge in [-0.3, -0.25) is 4.99 Å². The molecule has 0 aromatic carbocycles. The Labute approximate surface area is 159 Å². The Balaban J connectivity index is 1.76. The summed E-state index contributed by atoms with van der Waals surface area (Å²) in [6, 6.07) is -0.0563. The van der Waals surface area contributed by atoms with Crippen molar-refractivity contribution in [2.75, 3.05) is 33.4 Å². The minimum absolute atomic E-state index is 0.0563. The van der Waals surface area contributed by atoms with Crippen molar-refractivity contribution >= 4 is 23.3 Å². The molecule has 1 atom stereocenters. The highest BCUT2D eigenvalue weighted by Gasteiger charge is 2.21. The molecule has 7 nitrogen and oxygen atoms in total. The van der Waals surface area contributed by atoms with Gasteiger partial charge in [-0.15, -0.1) is 11.3 Å². The number of nitrogens with zero attached hydrogens (tertiary/aromatic N) is 2. The van der Waals surface area contributed by atoms with Crippen molar-refractivity contribution in [3.8, 4) is 0 Å². The fourth-order valence-corrected chi connectivity index (χ4v) is 3.33. The molecule has 0 radical (unpaired) electrons. The molecule has 1 heterocycles. The molecule has 1 aromatic heterocycles. The fraction of sp³-hybridized carbons (Fsp3) is 0.722. The van der Waals surface area contributed by atoms with Crippen molar-refractivity contribution in [3.63, 3.8) is 0 Å². The summed E-state index contributed by atoms with van der Waals surface area (Å²) in [4.78, 5) is 21.2. The smallest absolute Gasteiger partial charge is 0.350 e. The molecular formula is C18H30N4O3S. The molecule has 8 heteroatoms. The number of thiazole rings is 1. The van der Waals surface area contributed by atoms with E-state index in [-0.39, 0.29) is 12.0 Å². The van der Waals surface area contributed by atoms with Gasteiger partial charge in [-0.25, -0.2) is 9.78 Å². The first-order chi connectivity index (χ1) is 12.5. The third-order valence-electron chi connectivity index (χ3n) is 4.03. The number of rotatable bonds is 10. The summed E-state index contributed by atoms with van der Waals surface area (Å²) in [7, 11) is 1.74. The average molecular weight is 383 g/mol. The number of carbonyl (C=O) groups excluding carboxylic acids is 1. The second-order valence-electron chi connectivity index (χ2n) is 6.42. The Bertz CT molecular complexity index is 614. The van der Waals surface area contributed by atoms with E-state index >= 15 is 0 Å². The number of aromatic nitrogens is 1. The minimum Gasteiger partial charge on any atom is -0.462 e. The van der Waals surface area contributed by atoms with Crippen LogP contribution in [0.4, 0.5) is 0 Å². The number of hydrogen-bond acceptors (Lipinski definition) is 6. The standard InChI is InChI=1S/C18H30N4O3S/c1-5-25-17(23)15-12(2)21-16(26-15)13(3)22-18(19-4)20-9-6-10-24-11-14-7-8-14/h13-14H,5-11H2,1-4H3,(H2,19,20,22). The summed E-state index contributed by atoms with van der Waals surface area (Å²) in [6.45, 7) is 8.45. The Hall–Kier alpha value is -1.67. The van der Waals surface area contributed by atoms with E-state index < -0.39 is 0 Å². The maximum atomic E-state index is 11.9. The molecule has 2 N–H and O–H groups in total. The predicted molar refractivity (Wildman–Crippen MR) is 104 cm³/mol. The molecule has 1 unspecified atom stereocenters. The molecule has 0 aliphatic heterocycles. The van der Waals surface area contributed by atoms with Crippen molar-refractivity contribution in [2.45, 2.75) is 46.1 Å². The monoisotopic (exact) mass is 382 g/mol. The van der Waals surface area contributed by atoms with Gasteiger partial charge >= 0.3 is 5.97 Å². The fourth-order valence-electron chi connectivity index (χ4n) is 2.37. The van der Waals surface area contributed by atoms with Gasteiger partial charge in [0.2, 0.25) is 0 Å². The summed E-state index contributed by atoms with van der Waals surface area (Å²) < 4.78 is 10.7. The molecule has 1 aromatic rings. The molecular weight excluding hydrogens is 352 g/mol. The number of aryl methyl sites for hydroxylation is 1. The summed E-state index contributed by atoms with van der Waals surface area (Å²) in [5.74, 6) is 1.21. The van der Waals surface area contributed by atoms with Crippen molar-refractivity contribution in [1.82, 2.24) is 15.6 Å². The lowest BCUT2D eigenvalue weighted by molar-refractivity contribution is 0.0531. The first-order valence-corrected chi connectivity index (χ1v) is 10.1. The first kappa shape index (κ1) is 20.6. The van der Waals surface area contributed by atoms with Crippen LogP contribution in [0.3, 0.4) is 0 Å². The van der Waals surface area contributed by atoms with Crippen LogP contribution >= 0.6 is 11.3 Å². The van der Waals surface area contributed by atoms with Gasteiger partial charge in [0, 0.05) is 26.8 Å². The number of ether oxygens (including phenoxy) is 2. The van der Waals surface area contributed by atoms with E-state index in [1.165, 1.54) is 24.2 Å². The van der Waals surface area contributed by atoms with Gasteiger partial charge in [-0.2, -0.15) is 0 Å². The van der Waals surface area contributed by atoms with E-state index in [0.29, 0.717) is 23.1 Å². The SMILES string of the molecule is CCOC(=O)c1sc(C(C)NC(=NC)NCCCOCC2CC2)nc1C. The molecule has 0 spiro atoms. The van der Waals surface area contributed by atoms with E-state index in [4.69, 9.17) is 9.47 Å².